The molecule has 1 aromatic carbocycles. The molecule has 0 aromatic heterocycles. The Labute approximate surface area is 116 Å². The highest BCUT2D eigenvalue weighted by Gasteiger charge is 2.25. The van der Waals surface area contributed by atoms with E-state index in [0.29, 0.717) is 6.04 Å². The van der Waals surface area contributed by atoms with Crippen LogP contribution in [0.3, 0.4) is 0 Å². The third-order valence-corrected chi connectivity index (χ3v) is 4.27. The molecule has 1 fully saturated rings. The Morgan fingerprint density at radius 3 is 2.42 bits per heavy atom. The molecule has 0 heterocycles. The van der Waals surface area contributed by atoms with Gasteiger partial charge >= 0.3 is 0 Å². The second-order valence-corrected chi connectivity index (χ2v) is 5.48. The van der Waals surface area contributed by atoms with Crippen LogP contribution in [-0.4, -0.2) is 20.3 Å². The number of hydrogen-bond donors (Lipinski definition) is 1. The molecule has 19 heavy (non-hydrogen) atoms. The first kappa shape index (κ1) is 14.2. The molecule has 0 aliphatic heterocycles. The predicted molar refractivity (Wildman–Crippen MR) is 77.9 cm³/mol. The van der Waals surface area contributed by atoms with Crippen LogP contribution in [0, 0.1) is 5.92 Å². The van der Waals surface area contributed by atoms with E-state index in [9.17, 15) is 0 Å². The maximum atomic E-state index is 5.45. The summed E-state index contributed by atoms with van der Waals surface area (Å²) in [7, 11) is 3.41. The zero-order chi connectivity index (χ0) is 13.8. The lowest BCUT2D eigenvalue weighted by atomic mass is 9.80. The van der Waals surface area contributed by atoms with Crippen LogP contribution in [0.2, 0.25) is 0 Å². The SMILES string of the molecule is COc1ccc(OC)c(C(C)NC(C)C2CCC2)c1. The van der Waals surface area contributed by atoms with Crippen molar-refractivity contribution in [2.75, 3.05) is 14.2 Å². The van der Waals surface area contributed by atoms with Crippen LogP contribution in [0.1, 0.15) is 44.7 Å². The van der Waals surface area contributed by atoms with Gasteiger partial charge in [-0.2, -0.15) is 0 Å². The van der Waals surface area contributed by atoms with E-state index < -0.39 is 0 Å². The highest BCUT2D eigenvalue weighted by atomic mass is 16.5. The van der Waals surface area contributed by atoms with Crippen molar-refractivity contribution >= 4 is 0 Å². The maximum absolute atomic E-state index is 5.45. The number of hydrogen-bond acceptors (Lipinski definition) is 3. The average molecular weight is 263 g/mol. The topological polar surface area (TPSA) is 30.5 Å². The summed E-state index contributed by atoms with van der Waals surface area (Å²) >= 11 is 0. The van der Waals surface area contributed by atoms with Crippen molar-refractivity contribution in [3.63, 3.8) is 0 Å². The van der Waals surface area contributed by atoms with Crippen LogP contribution < -0.4 is 14.8 Å². The molecule has 2 unspecified atom stereocenters. The van der Waals surface area contributed by atoms with Crippen LogP contribution in [-0.2, 0) is 0 Å². The molecule has 106 valence electrons. The third kappa shape index (κ3) is 3.21. The Kier molecular flexibility index (Phi) is 4.70. The van der Waals surface area contributed by atoms with Gasteiger partial charge in [-0.05, 0) is 50.8 Å². The first-order chi connectivity index (χ1) is 9.15. The number of rotatable bonds is 6. The molecule has 1 saturated carbocycles. The second kappa shape index (κ2) is 6.29. The van der Waals surface area contributed by atoms with Gasteiger partial charge in [0.2, 0.25) is 0 Å². The van der Waals surface area contributed by atoms with Crippen LogP contribution >= 0.6 is 0 Å². The fourth-order valence-electron chi connectivity index (χ4n) is 2.74. The molecule has 1 aliphatic rings. The molecule has 2 atom stereocenters. The molecule has 0 spiro atoms. The van der Waals surface area contributed by atoms with Gasteiger partial charge in [-0.15, -0.1) is 0 Å². The number of benzene rings is 1. The molecule has 2 rings (SSSR count). The van der Waals surface area contributed by atoms with Crippen LogP contribution in [0.5, 0.6) is 11.5 Å². The molecule has 0 radical (unpaired) electrons. The van der Waals surface area contributed by atoms with Gasteiger partial charge in [0.25, 0.3) is 0 Å². The van der Waals surface area contributed by atoms with Crippen molar-refractivity contribution in [2.45, 2.75) is 45.2 Å². The highest BCUT2D eigenvalue weighted by molar-refractivity contribution is 5.42. The summed E-state index contributed by atoms with van der Waals surface area (Å²) in [5, 5.41) is 3.69. The fourth-order valence-corrected chi connectivity index (χ4v) is 2.74. The number of methoxy groups -OCH3 is 2. The van der Waals surface area contributed by atoms with E-state index in [2.05, 4.69) is 25.2 Å². The third-order valence-electron chi connectivity index (χ3n) is 4.27. The summed E-state index contributed by atoms with van der Waals surface area (Å²) in [6.07, 6.45) is 4.10. The Bertz CT molecular complexity index is 415. The second-order valence-electron chi connectivity index (χ2n) is 5.48. The minimum Gasteiger partial charge on any atom is -0.497 e. The van der Waals surface area contributed by atoms with Crippen molar-refractivity contribution in [1.82, 2.24) is 5.32 Å². The normalized spacial score (nSPS) is 18.5. The fraction of sp³-hybridized carbons (Fsp3) is 0.625. The van der Waals surface area contributed by atoms with Crippen molar-refractivity contribution in [2.24, 2.45) is 5.92 Å². The van der Waals surface area contributed by atoms with Gasteiger partial charge in [-0.1, -0.05) is 6.42 Å². The van der Waals surface area contributed by atoms with Crippen molar-refractivity contribution in [1.29, 1.82) is 0 Å². The summed E-state index contributed by atoms with van der Waals surface area (Å²) in [4.78, 5) is 0. The van der Waals surface area contributed by atoms with Gasteiger partial charge in [-0.25, -0.2) is 0 Å². The summed E-state index contributed by atoms with van der Waals surface area (Å²) in [5.74, 6) is 2.63. The standard InChI is InChI=1S/C16H25NO2/c1-11(13-6-5-7-13)17-12(2)15-10-14(18-3)8-9-16(15)19-4/h8-13,17H,5-7H2,1-4H3. The lowest BCUT2D eigenvalue weighted by Crippen LogP contribution is -2.38. The van der Waals surface area contributed by atoms with Crippen molar-refractivity contribution in [3.8, 4) is 11.5 Å². The van der Waals surface area contributed by atoms with E-state index in [4.69, 9.17) is 9.47 Å². The van der Waals surface area contributed by atoms with E-state index in [1.165, 1.54) is 19.3 Å². The van der Waals surface area contributed by atoms with Gasteiger partial charge in [-0.3, -0.25) is 0 Å². The van der Waals surface area contributed by atoms with Gasteiger partial charge < -0.3 is 14.8 Å². The maximum Gasteiger partial charge on any atom is 0.123 e. The molecule has 3 nitrogen and oxygen atoms in total. The zero-order valence-electron chi connectivity index (χ0n) is 12.4. The quantitative estimate of drug-likeness (QED) is 0.851. The summed E-state index contributed by atoms with van der Waals surface area (Å²) in [6, 6.07) is 6.79. The molecule has 0 amide bonds. The molecule has 1 aromatic rings. The van der Waals surface area contributed by atoms with Crippen LogP contribution in [0.15, 0.2) is 18.2 Å². The van der Waals surface area contributed by atoms with Crippen LogP contribution in [0.4, 0.5) is 0 Å². The molecule has 0 bridgehead atoms. The smallest absolute Gasteiger partial charge is 0.123 e. The minimum atomic E-state index is 0.264. The predicted octanol–water partition coefficient (Wildman–Crippen LogP) is 3.54. The van der Waals surface area contributed by atoms with E-state index in [-0.39, 0.29) is 6.04 Å². The Morgan fingerprint density at radius 2 is 1.89 bits per heavy atom. The first-order valence-electron chi connectivity index (χ1n) is 7.13. The first-order valence-corrected chi connectivity index (χ1v) is 7.13. The van der Waals surface area contributed by atoms with Crippen molar-refractivity contribution < 1.29 is 9.47 Å². The zero-order valence-corrected chi connectivity index (χ0v) is 12.4. The highest BCUT2D eigenvalue weighted by Crippen LogP contribution is 2.33. The summed E-state index contributed by atoms with van der Waals surface area (Å²) in [6.45, 7) is 4.47. The Morgan fingerprint density at radius 1 is 1.16 bits per heavy atom. The lowest BCUT2D eigenvalue weighted by molar-refractivity contribution is 0.228. The van der Waals surface area contributed by atoms with E-state index in [1.54, 1.807) is 14.2 Å². The molecule has 1 aliphatic carbocycles. The summed E-state index contributed by atoms with van der Waals surface area (Å²) < 4.78 is 10.8. The largest absolute Gasteiger partial charge is 0.497 e. The molecule has 3 heteroatoms. The van der Waals surface area contributed by atoms with Gasteiger partial charge in [0.05, 0.1) is 14.2 Å². The minimum absolute atomic E-state index is 0.264. The van der Waals surface area contributed by atoms with Crippen LogP contribution in [0.25, 0.3) is 0 Å². The average Bonchev–Trinajstić information content (AvgIpc) is 2.35. The van der Waals surface area contributed by atoms with E-state index >= 15 is 0 Å². The number of ether oxygens (including phenoxy) is 2. The number of nitrogens with one attached hydrogen (secondary N) is 1. The van der Waals surface area contributed by atoms with E-state index in [1.807, 2.05) is 12.1 Å². The molecular formula is C16H25NO2. The lowest BCUT2D eigenvalue weighted by Gasteiger charge is -2.34. The van der Waals surface area contributed by atoms with Crippen molar-refractivity contribution in [3.05, 3.63) is 23.8 Å². The molecule has 1 N–H and O–H groups in total. The van der Waals surface area contributed by atoms with E-state index in [0.717, 1.165) is 23.0 Å². The molecule has 0 saturated heterocycles. The van der Waals surface area contributed by atoms with Gasteiger partial charge in [0.1, 0.15) is 11.5 Å². The monoisotopic (exact) mass is 263 g/mol. The van der Waals surface area contributed by atoms with Gasteiger partial charge in [0, 0.05) is 17.6 Å². The van der Waals surface area contributed by atoms with Gasteiger partial charge in [0.15, 0.2) is 0 Å². The Balaban J connectivity index is 2.09. The Hall–Kier alpha value is -1.22. The molecular weight excluding hydrogens is 238 g/mol. The summed E-state index contributed by atoms with van der Waals surface area (Å²) in [5.41, 5.74) is 1.16.